The van der Waals surface area contributed by atoms with Crippen LogP contribution >= 0.6 is 11.8 Å². The molecule has 0 amide bonds. The fourth-order valence-corrected chi connectivity index (χ4v) is 2.63. The fraction of sp³-hybridized carbons (Fsp3) is 0.286. The standard InChI is InChI=1S/C14H15N3O3S/c1-14(2,12(18)19)21-11-8-15-5-4-10(11)9-6-16-13(20-3)17-7-9/h4-8H,1-3H3,(H,18,19). The van der Waals surface area contributed by atoms with E-state index in [0.717, 1.165) is 16.0 Å². The summed E-state index contributed by atoms with van der Waals surface area (Å²) in [5, 5.41) is 9.25. The minimum absolute atomic E-state index is 0.285. The lowest BCUT2D eigenvalue weighted by atomic mass is 10.1. The Kier molecular flexibility index (Phi) is 4.42. The highest BCUT2D eigenvalue weighted by Gasteiger charge is 2.29. The van der Waals surface area contributed by atoms with Crippen molar-refractivity contribution in [3.05, 3.63) is 30.9 Å². The van der Waals surface area contributed by atoms with Crippen molar-refractivity contribution in [1.29, 1.82) is 0 Å². The lowest BCUT2D eigenvalue weighted by Crippen LogP contribution is -2.27. The van der Waals surface area contributed by atoms with Gasteiger partial charge in [0.2, 0.25) is 0 Å². The van der Waals surface area contributed by atoms with Gasteiger partial charge in [-0.15, -0.1) is 11.8 Å². The zero-order chi connectivity index (χ0) is 15.5. The Morgan fingerprint density at radius 3 is 2.52 bits per heavy atom. The second-order valence-corrected chi connectivity index (χ2v) is 6.41. The lowest BCUT2D eigenvalue weighted by molar-refractivity contribution is -0.138. The summed E-state index contributed by atoms with van der Waals surface area (Å²) >= 11 is 1.24. The van der Waals surface area contributed by atoms with Crippen LogP contribution in [0.1, 0.15) is 13.8 Å². The second-order valence-electron chi connectivity index (χ2n) is 4.75. The smallest absolute Gasteiger partial charge is 0.319 e. The average Bonchev–Trinajstić information content (AvgIpc) is 2.47. The number of aliphatic carboxylic acids is 1. The molecule has 0 unspecified atom stereocenters. The Labute approximate surface area is 126 Å². The Bertz CT molecular complexity index is 644. The number of carboxylic acids is 1. The van der Waals surface area contributed by atoms with Gasteiger partial charge in [-0.2, -0.15) is 0 Å². The Morgan fingerprint density at radius 1 is 1.29 bits per heavy atom. The molecule has 7 heteroatoms. The van der Waals surface area contributed by atoms with Crippen LogP contribution in [0, 0.1) is 0 Å². The predicted molar refractivity (Wildman–Crippen MR) is 79.4 cm³/mol. The molecule has 0 aliphatic carbocycles. The van der Waals surface area contributed by atoms with Crippen LogP contribution in [0.15, 0.2) is 35.7 Å². The fourth-order valence-electron chi connectivity index (χ4n) is 1.58. The summed E-state index contributed by atoms with van der Waals surface area (Å²) in [6, 6.07) is 2.10. The molecule has 1 N–H and O–H groups in total. The maximum Gasteiger partial charge on any atom is 0.319 e. The minimum atomic E-state index is -0.953. The van der Waals surface area contributed by atoms with Crippen molar-refractivity contribution in [2.45, 2.75) is 23.5 Å². The summed E-state index contributed by atoms with van der Waals surface area (Å²) in [5.74, 6) is -0.881. The molecule has 2 aromatic heterocycles. The highest BCUT2D eigenvalue weighted by Crippen LogP contribution is 2.38. The van der Waals surface area contributed by atoms with Gasteiger partial charge in [-0.25, -0.2) is 9.97 Å². The first kappa shape index (κ1) is 15.2. The van der Waals surface area contributed by atoms with Crippen LogP contribution in [0.4, 0.5) is 0 Å². The number of pyridine rings is 1. The molecule has 21 heavy (non-hydrogen) atoms. The van der Waals surface area contributed by atoms with Crippen LogP contribution in [0.3, 0.4) is 0 Å². The number of nitrogens with zero attached hydrogens (tertiary/aromatic N) is 3. The zero-order valence-electron chi connectivity index (χ0n) is 11.9. The van der Waals surface area contributed by atoms with Gasteiger partial charge in [0.05, 0.1) is 7.11 Å². The van der Waals surface area contributed by atoms with Crippen molar-refractivity contribution >= 4 is 17.7 Å². The molecule has 2 rings (SSSR count). The van der Waals surface area contributed by atoms with Gasteiger partial charge in [-0.1, -0.05) is 0 Å². The van der Waals surface area contributed by atoms with Gasteiger partial charge in [0, 0.05) is 40.8 Å². The molecule has 0 bridgehead atoms. The van der Waals surface area contributed by atoms with Crippen molar-refractivity contribution in [3.8, 4) is 17.1 Å². The van der Waals surface area contributed by atoms with Gasteiger partial charge in [-0.05, 0) is 19.9 Å². The molecular formula is C14H15N3O3S. The average molecular weight is 305 g/mol. The number of carboxylic acid groups (broad SMARTS) is 1. The van der Waals surface area contributed by atoms with E-state index in [1.165, 1.54) is 18.9 Å². The number of thioether (sulfide) groups is 1. The van der Waals surface area contributed by atoms with Crippen molar-refractivity contribution in [2.24, 2.45) is 0 Å². The number of hydrogen-bond donors (Lipinski definition) is 1. The van der Waals surface area contributed by atoms with Gasteiger partial charge in [0.15, 0.2) is 0 Å². The molecule has 0 radical (unpaired) electrons. The van der Waals surface area contributed by atoms with E-state index in [-0.39, 0.29) is 6.01 Å². The van der Waals surface area contributed by atoms with Gasteiger partial charge < -0.3 is 9.84 Å². The van der Waals surface area contributed by atoms with Crippen LogP contribution in [0.25, 0.3) is 11.1 Å². The Morgan fingerprint density at radius 2 is 1.95 bits per heavy atom. The van der Waals surface area contributed by atoms with Crippen LogP contribution < -0.4 is 4.74 Å². The third-order valence-electron chi connectivity index (χ3n) is 2.79. The summed E-state index contributed by atoms with van der Waals surface area (Å²) < 4.78 is 3.98. The van der Waals surface area contributed by atoms with E-state index in [1.807, 2.05) is 6.07 Å². The summed E-state index contributed by atoms with van der Waals surface area (Å²) in [4.78, 5) is 24.2. The third-order valence-corrected chi connectivity index (χ3v) is 4.02. The molecule has 0 atom stereocenters. The Balaban J connectivity index is 2.38. The summed E-state index contributed by atoms with van der Waals surface area (Å²) in [6.07, 6.45) is 6.57. The molecule has 2 heterocycles. The number of aromatic nitrogens is 3. The number of carbonyl (C=O) groups is 1. The van der Waals surface area contributed by atoms with Crippen molar-refractivity contribution < 1.29 is 14.6 Å². The highest BCUT2D eigenvalue weighted by molar-refractivity contribution is 8.01. The molecular weight excluding hydrogens is 290 g/mol. The molecule has 0 aliphatic rings. The minimum Gasteiger partial charge on any atom is -0.480 e. The maximum absolute atomic E-state index is 11.3. The molecule has 0 saturated carbocycles. The van der Waals surface area contributed by atoms with Crippen LogP contribution in [0.2, 0.25) is 0 Å². The van der Waals surface area contributed by atoms with E-state index in [9.17, 15) is 9.90 Å². The summed E-state index contributed by atoms with van der Waals surface area (Å²) in [6.45, 7) is 3.31. The maximum atomic E-state index is 11.3. The first-order chi connectivity index (χ1) is 9.94. The third kappa shape index (κ3) is 3.49. The molecule has 0 aromatic carbocycles. The van der Waals surface area contributed by atoms with Crippen LogP contribution in [-0.4, -0.2) is 37.9 Å². The molecule has 110 valence electrons. The van der Waals surface area contributed by atoms with Gasteiger partial charge >= 0.3 is 12.0 Å². The Hall–Kier alpha value is -2.15. The van der Waals surface area contributed by atoms with E-state index in [0.29, 0.717) is 0 Å². The topological polar surface area (TPSA) is 85.2 Å². The number of methoxy groups -OCH3 is 1. The van der Waals surface area contributed by atoms with Crippen LogP contribution in [0.5, 0.6) is 6.01 Å². The van der Waals surface area contributed by atoms with Crippen molar-refractivity contribution in [3.63, 3.8) is 0 Å². The quantitative estimate of drug-likeness (QED) is 0.849. The zero-order valence-corrected chi connectivity index (χ0v) is 12.7. The molecule has 0 spiro atoms. The number of rotatable bonds is 5. The second kappa shape index (κ2) is 6.09. The van der Waals surface area contributed by atoms with Crippen molar-refractivity contribution in [2.75, 3.05) is 7.11 Å². The van der Waals surface area contributed by atoms with Gasteiger partial charge in [-0.3, -0.25) is 9.78 Å². The molecule has 2 aromatic rings. The summed E-state index contributed by atoms with van der Waals surface area (Å²) in [5.41, 5.74) is 1.62. The first-order valence-corrected chi connectivity index (χ1v) is 6.98. The monoisotopic (exact) mass is 305 g/mol. The molecule has 0 saturated heterocycles. The van der Waals surface area contributed by atoms with E-state index >= 15 is 0 Å². The highest BCUT2D eigenvalue weighted by atomic mass is 32.2. The first-order valence-electron chi connectivity index (χ1n) is 6.17. The van der Waals surface area contributed by atoms with E-state index < -0.39 is 10.7 Å². The molecule has 0 aliphatic heterocycles. The van der Waals surface area contributed by atoms with Crippen LogP contribution in [-0.2, 0) is 4.79 Å². The van der Waals surface area contributed by atoms with E-state index in [1.54, 1.807) is 38.6 Å². The van der Waals surface area contributed by atoms with Gasteiger partial charge in [0.1, 0.15) is 4.75 Å². The number of ether oxygens (including phenoxy) is 1. The largest absolute Gasteiger partial charge is 0.480 e. The van der Waals surface area contributed by atoms with Gasteiger partial charge in [0.25, 0.3) is 0 Å². The molecule has 0 fully saturated rings. The van der Waals surface area contributed by atoms with Crippen molar-refractivity contribution in [1.82, 2.24) is 15.0 Å². The lowest BCUT2D eigenvalue weighted by Gasteiger charge is -2.19. The normalized spacial score (nSPS) is 11.2. The van der Waals surface area contributed by atoms with E-state index in [4.69, 9.17) is 4.74 Å². The van der Waals surface area contributed by atoms with E-state index in [2.05, 4.69) is 15.0 Å². The number of hydrogen-bond acceptors (Lipinski definition) is 6. The SMILES string of the molecule is COc1ncc(-c2ccncc2SC(C)(C)C(=O)O)cn1. The molecule has 6 nitrogen and oxygen atoms in total. The predicted octanol–water partition coefficient (Wildman–Crippen LogP) is 2.50. The summed E-state index contributed by atoms with van der Waals surface area (Å²) in [7, 11) is 1.50.